The molecule has 2 aromatic rings. The molecule has 1 atom stereocenters. The molecule has 1 heterocycles. The van der Waals surface area contributed by atoms with Gasteiger partial charge in [0.25, 0.3) is 5.69 Å². The predicted molar refractivity (Wildman–Crippen MR) is 76.1 cm³/mol. The Morgan fingerprint density at radius 2 is 1.95 bits per heavy atom. The standard InChI is InChI=1S/C12H9Cl2NO3S/c13-11-6-9(12(14)19-11)10(16)5-7-1-3-8(4-2-7)15(17)18/h1-4,6,10,16H,5H2. The van der Waals surface area contributed by atoms with Crippen LogP contribution >= 0.6 is 34.5 Å². The Bertz CT molecular complexity index is 598. The van der Waals surface area contributed by atoms with E-state index in [-0.39, 0.29) is 5.69 Å². The molecule has 0 spiro atoms. The number of non-ortho nitro benzene ring substituents is 1. The van der Waals surface area contributed by atoms with Crippen molar-refractivity contribution < 1.29 is 10.0 Å². The number of hydrogen-bond donors (Lipinski definition) is 1. The molecular weight excluding hydrogens is 309 g/mol. The first-order chi connectivity index (χ1) is 8.97. The molecule has 1 aromatic carbocycles. The summed E-state index contributed by atoms with van der Waals surface area (Å²) in [5.41, 5.74) is 1.39. The van der Waals surface area contributed by atoms with Gasteiger partial charge >= 0.3 is 0 Å². The Labute approximate surface area is 123 Å². The van der Waals surface area contributed by atoms with Crippen LogP contribution in [0, 0.1) is 10.1 Å². The van der Waals surface area contributed by atoms with Crippen LogP contribution in [-0.4, -0.2) is 10.0 Å². The topological polar surface area (TPSA) is 63.4 Å². The van der Waals surface area contributed by atoms with Crippen molar-refractivity contribution in [3.8, 4) is 0 Å². The van der Waals surface area contributed by atoms with E-state index < -0.39 is 11.0 Å². The van der Waals surface area contributed by atoms with Crippen LogP contribution in [0.1, 0.15) is 17.2 Å². The Morgan fingerprint density at radius 1 is 1.32 bits per heavy atom. The largest absolute Gasteiger partial charge is 0.388 e. The normalized spacial score (nSPS) is 12.4. The van der Waals surface area contributed by atoms with Crippen molar-refractivity contribution in [2.24, 2.45) is 0 Å². The molecule has 19 heavy (non-hydrogen) atoms. The summed E-state index contributed by atoms with van der Waals surface area (Å²) in [7, 11) is 0. The number of nitro benzene ring substituents is 1. The van der Waals surface area contributed by atoms with Crippen molar-refractivity contribution in [3.05, 3.63) is 60.2 Å². The molecule has 0 amide bonds. The molecule has 2 rings (SSSR count). The highest BCUT2D eigenvalue weighted by atomic mass is 35.5. The summed E-state index contributed by atoms with van der Waals surface area (Å²) < 4.78 is 0.974. The summed E-state index contributed by atoms with van der Waals surface area (Å²) >= 11 is 13.0. The van der Waals surface area contributed by atoms with Crippen LogP contribution < -0.4 is 0 Å². The molecule has 0 fully saturated rings. The van der Waals surface area contributed by atoms with Crippen molar-refractivity contribution in [2.45, 2.75) is 12.5 Å². The van der Waals surface area contributed by atoms with E-state index in [1.807, 2.05) is 0 Å². The molecule has 7 heteroatoms. The van der Waals surface area contributed by atoms with Gasteiger partial charge in [-0.1, -0.05) is 35.3 Å². The van der Waals surface area contributed by atoms with Crippen LogP contribution in [-0.2, 0) is 6.42 Å². The molecule has 0 aliphatic rings. The molecule has 0 saturated carbocycles. The third kappa shape index (κ3) is 3.45. The van der Waals surface area contributed by atoms with Gasteiger partial charge in [0.1, 0.15) is 4.34 Å². The lowest BCUT2D eigenvalue weighted by Crippen LogP contribution is -2.01. The second-order valence-corrected chi connectivity index (χ2v) is 6.21. The third-order valence-corrected chi connectivity index (χ3v) is 4.14. The number of benzene rings is 1. The molecular formula is C12H9Cl2NO3S. The quantitative estimate of drug-likeness (QED) is 0.677. The molecule has 1 aromatic heterocycles. The minimum Gasteiger partial charge on any atom is -0.388 e. The van der Waals surface area contributed by atoms with Crippen LogP contribution in [0.3, 0.4) is 0 Å². The highest BCUT2D eigenvalue weighted by molar-refractivity contribution is 7.20. The smallest absolute Gasteiger partial charge is 0.269 e. The van der Waals surface area contributed by atoms with Gasteiger partial charge in [-0.05, 0) is 11.6 Å². The van der Waals surface area contributed by atoms with Crippen LogP contribution in [0.5, 0.6) is 0 Å². The Kier molecular flexibility index (Phi) is 4.42. The van der Waals surface area contributed by atoms with E-state index in [9.17, 15) is 15.2 Å². The van der Waals surface area contributed by atoms with E-state index in [2.05, 4.69) is 0 Å². The maximum Gasteiger partial charge on any atom is 0.269 e. The molecule has 100 valence electrons. The van der Waals surface area contributed by atoms with Gasteiger partial charge < -0.3 is 5.11 Å². The van der Waals surface area contributed by atoms with Crippen LogP contribution in [0.4, 0.5) is 5.69 Å². The average Bonchev–Trinajstić information content (AvgIpc) is 2.69. The SMILES string of the molecule is O=[N+]([O-])c1ccc(CC(O)c2cc(Cl)sc2Cl)cc1. The number of nitro groups is 1. The van der Waals surface area contributed by atoms with Crippen molar-refractivity contribution in [1.82, 2.24) is 0 Å². The first kappa shape index (κ1) is 14.3. The van der Waals surface area contributed by atoms with Crippen LogP contribution in [0.15, 0.2) is 30.3 Å². The molecule has 0 radical (unpaired) electrons. The predicted octanol–water partition coefficient (Wildman–Crippen LogP) is 4.24. The molecule has 0 aliphatic heterocycles. The van der Waals surface area contributed by atoms with Gasteiger partial charge in [-0.15, -0.1) is 11.3 Å². The number of halogens is 2. The first-order valence-corrected chi connectivity index (χ1v) is 6.90. The molecule has 4 nitrogen and oxygen atoms in total. The molecule has 1 N–H and O–H groups in total. The fourth-order valence-electron chi connectivity index (χ4n) is 1.67. The summed E-state index contributed by atoms with van der Waals surface area (Å²) in [6.07, 6.45) is -0.456. The highest BCUT2D eigenvalue weighted by Gasteiger charge is 2.16. The lowest BCUT2D eigenvalue weighted by atomic mass is 10.0. The van der Waals surface area contributed by atoms with Gasteiger partial charge in [0.2, 0.25) is 0 Å². The lowest BCUT2D eigenvalue weighted by Gasteiger charge is -2.09. The van der Waals surface area contributed by atoms with E-state index in [1.54, 1.807) is 18.2 Å². The van der Waals surface area contributed by atoms with E-state index >= 15 is 0 Å². The molecule has 1 unspecified atom stereocenters. The number of thiophene rings is 1. The minimum atomic E-state index is -0.780. The molecule has 0 bridgehead atoms. The lowest BCUT2D eigenvalue weighted by molar-refractivity contribution is -0.384. The van der Waals surface area contributed by atoms with E-state index in [0.717, 1.165) is 5.56 Å². The van der Waals surface area contributed by atoms with Gasteiger partial charge in [-0.2, -0.15) is 0 Å². The summed E-state index contributed by atoms with van der Waals surface area (Å²) in [5.74, 6) is 0. The summed E-state index contributed by atoms with van der Waals surface area (Å²) in [6, 6.07) is 7.67. The Balaban J connectivity index is 2.12. The Morgan fingerprint density at radius 3 is 2.42 bits per heavy atom. The zero-order valence-electron chi connectivity index (χ0n) is 9.55. The monoisotopic (exact) mass is 317 g/mol. The zero-order valence-corrected chi connectivity index (χ0v) is 11.9. The first-order valence-electron chi connectivity index (χ1n) is 5.33. The van der Waals surface area contributed by atoms with Crippen molar-refractivity contribution in [3.63, 3.8) is 0 Å². The number of rotatable bonds is 4. The molecule has 0 aliphatic carbocycles. The van der Waals surface area contributed by atoms with Gasteiger partial charge in [0.15, 0.2) is 0 Å². The number of aliphatic hydroxyl groups is 1. The van der Waals surface area contributed by atoms with Gasteiger partial charge in [0.05, 0.1) is 15.4 Å². The second-order valence-electron chi connectivity index (χ2n) is 3.92. The number of hydrogen-bond acceptors (Lipinski definition) is 4. The van der Waals surface area contributed by atoms with Crippen LogP contribution in [0.2, 0.25) is 8.67 Å². The maximum atomic E-state index is 10.5. The van der Waals surface area contributed by atoms with Crippen LogP contribution in [0.25, 0.3) is 0 Å². The molecule has 0 saturated heterocycles. The summed E-state index contributed by atoms with van der Waals surface area (Å²) in [5, 5.41) is 20.6. The number of aliphatic hydroxyl groups excluding tert-OH is 1. The number of nitrogens with zero attached hydrogens (tertiary/aromatic N) is 1. The maximum absolute atomic E-state index is 10.5. The van der Waals surface area contributed by atoms with Gasteiger partial charge in [-0.25, -0.2) is 0 Å². The van der Waals surface area contributed by atoms with Crippen molar-refractivity contribution >= 4 is 40.2 Å². The average molecular weight is 318 g/mol. The fourth-order valence-corrected chi connectivity index (χ4v) is 3.23. The zero-order chi connectivity index (χ0) is 14.0. The minimum absolute atomic E-state index is 0.0230. The van der Waals surface area contributed by atoms with Crippen molar-refractivity contribution in [1.29, 1.82) is 0 Å². The fraction of sp³-hybridized carbons (Fsp3) is 0.167. The third-order valence-electron chi connectivity index (χ3n) is 2.62. The van der Waals surface area contributed by atoms with Gasteiger partial charge in [0, 0.05) is 24.1 Å². The van der Waals surface area contributed by atoms with E-state index in [0.29, 0.717) is 20.7 Å². The van der Waals surface area contributed by atoms with Crippen molar-refractivity contribution in [2.75, 3.05) is 0 Å². The Hall–Kier alpha value is -1.14. The highest BCUT2D eigenvalue weighted by Crippen LogP contribution is 2.36. The summed E-state index contributed by atoms with van der Waals surface area (Å²) in [6.45, 7) is 0. The van der Waals surface area contributed by atoms with E-state index in [4.69, 9.17) is 23.2 Å². The van der Waals surface area contributed by atoms with Gasteiger partial charge in [-0.3, -0.25) is 10.1 Å². The second kappa shape index (κ2) is 5.88. The summed E-state index contributed by atoms with van der Waals surface area (Å²) in [4.78, 5) is 10.1. The van der Waals surface area contributed by atoms with E-state index in [1.165, 1.54) is 23.5 Å².